The van der Waals surface area contributed by atoms with Crippen molar-refractivity contribution < 1.29 is 18.7 Å². The quantitative estimate of drug-likeness (QED) is 0.600. The predicted molar refractivity (Wildman–Crippen MR) is 125 cm³/mol. The van der Waals surface area contributed by atoms with Crippen molar-refractivity contribution in [2.75, 3.05) is 33.4 Å². The second-order valence-electron chi connectivity index (χ2n) is 7.98. The first kappa shape index (κ1) is 24.5. The van der Waals surface area contributed by atoms with Gasteiger partial charge < -0.3 is 20.1 Å². The molecule has 2 N–H and O–H groups in total. The molecule has 7 nitrogen and oxygen atoms in total. The van der Waals surface area contributed by atoms with Crippen molar-refractivity contribution in [2.24, 2.45) is 4.99 Å². The van der Waals surface area contributed by atoms with Crippen molar-refractivity contribution in [3.63, 3.8) is 0 Å². The van der Waals surface area contributed by atoms with E-state index >= 15 is 0 Å². The Bertz CT molecular complexity index is 980. The number of hydrogen-bond acceptors (Lipinski definition) is 6. The van der Waals surface area contributed by atoms with Gasteiger partial charge in [0, 0.05) is 20.2 Å². The van der Waals surface area contributed by atoms with Gasteiger partial charge in [-0.15, -0.1) is 0 Å². The third-order valence-corrected chi connectivity index (χ3v) is 5.65. The average Bonchev–Trinajstić information content (AvgIpc) is 2.80. The molecule has 0 bridgehead atoms. The van der Waals surface area contributed by atoms with Crippen molar-refractivity contribution >= 4 is 12.6 Å². The summed E-state index contributed by atoms with van der Waals surface area (Å²) in [7, 11) is 1.65. The number of methoxy groups -OCH3 is 1. The highest BCUT2D eigenvalue weighted by atomic mass is 19.1. The van der Waals surface area contributed by atoms with E-state index in [1.54, 1.807) is 37.4 Å². The van der Waals surface area contributed by atoms with Gasteiger partial charge in [0.05, 0.1) is 36.9 Å². The standard InChI is InChI=1S/C25H29FN4O3/c1-28-14-21(30-25(31)24-16-29-15-22(32-2)9-10-33-24)11-20-8-7-19(12-23(20)26)18-5-3-17(13-27)4-6-18/h3-8,12,21-22,24,29H,1,9-11,14-16H2,2H3,(H,30,31)/t21-,22-,24-/m0/s1. The fraction of sp³-hybridized carbons (Fsp3) is 0.400. The molecule has 174 valence electrons. The molecule has 0 spiro atoms. The molecule has 1 aliphatic rings. The summed E-state index contributed by atoms with van der Waals surface area (Å²) in [5.74, 6) is -0.628. The molecule has 0 aromatic heterocycles. The number of carbonyl (C=O) groups is 1. The SMILES string of the molecule is C=NC[C@H](Cc1ccc(-c2ccc(C#N)cc2)cc1F)NC(=O)[C@@H]1CNC[C@@H](OC)CCO1. The summed E-state index contributed by atoms with van der Waals surface area (Å²) in [6.07, 6.45) is 0.387. The molecule has 0 saturated carbocycles. The number of benzene rings is 2. The zero-order valence-corrected chi connectivity index (χ0v) is 18.7. The summed E-state index contributed by atoms with van der Waals surface area (Å²) < 4.78 is 25.9. The highest BCUT2D eigenvalue weighted by Gasteiger charge is 2.25. The van der Waals surface area contributed by atoms with Gasteiger partial charge in [0.25, 0.3) is 5.91 Å². The Morgan fingerprint density at radius 3 is 2.76 bits per heavy atom. The number of nitriles is 1. The lowest BCUT2D eigenvalue weighted by atomic mass is 9.99. The summed E-state index contributed by atoms with van der Waals surface area (Å²) >= 11 is 0. The van der Waals surface area contributed by atoms with E-state index in [9.17, 15) is 9.18 Å². The molecule has 3 atom stereocenters. The van der Waals surface area contributed by atoms with E-state index < -0.39 is 12.1 Å². The number of aliphatic imine (C=N–C) groups is 1. The van der Waals surface area contributed by atoms with E-state index in [1.165, 1.54) is 6.07 Å². The zero-order valence-electron chi connectivity index (χ0n) is 18.7. The first-order chi connectivity index (χ1) is 16.0. The topological polar surface area (TPSA) is 95.7 Å². The fourth-order valence-corrected chi connectivity index (χ4v) is 3.75. The normalized spacial score (nSPS) is 19.5. The third-order valence-electron chi connectivity index (χ3n) is 5.65. The van der Waals surface area contributed by atoms with Crippen molar-refractivity contribution in [1.29, 1.82) is 5.26 Å². The molecule has 1 saturated heterocycles. The molecule has 3 rings (SSSR count). The largest absolute Gasteiger partial charge is 0.380 e. The van der Waals surface area contributed by atoms with E-state index in [0.29, 0.717) is 42.8 Å². The van der Waals surface area contributed by atoms with Crippen LogP contribution in [0.25, 0.3) is 11.1 Å². The lowest BCUT2D eigenvalue weighted by Gasteiger charge is -2.26. The number of hydrogen-bond donors (Lipinski definition) is 2. The fourth-order valence-electron chi connectivity index (χ4n) is 3.75. The van der Waals surface area contributed by atoms with Crippen LogP contribution < -0.4 is 10.6 Å². The van der Waals surface area contributed by atoms with Gasteiger partial charge in [0.1, 0.15) is 11.9 Å². The molecule has 0 unspecified atom stereocenters. The predicted octanol–water partition coefficient (Wildman–Crippen LogP) is 2.49. The number of halogens is 1. The summed E-state index contributed by atoms with van der Waals surface area (Å²) in [6.45, 7) is 5.22. The number of nitrogens with one attached hydrogen (secondary N) is 2. The van der Waals surface area contributed by atoms with E-state index in [1.807, 2.05) is 6.07 Å². The number of amides is 1. The summed E-state index contributed by atoms with van der Waals surface area (Å²) in [5, 5.41) is 15.0. The van der Waals surface area contributed by atoms with Gasteiger partial charge in [-0.1, -0.05) is 24.3 Å². The van der Waals surface area contributed by atoms with E-state index in [0.717, 1.165) is 5.56 Å². The summed E-state index contributed by atoms with van der Waals surface area (Å²) in [5.41, 5.74) is 2.56. The highest BCUT2D eigenvalue weighted by molar-refractivity contribution is 5.81. The second-order valence-corrected chi connectivity index (χ2v) is 7.98. The minimum atomic E-state index is -0.640. The minimum absolute atomic E-state index is 0.0574. The van der Waals surface area contributed by atoms with Crippen LogP contribution in [0.15, 0.2) is 47.5 Å². The molecule has 8 heteroatoms. The molecule has 1 aliphatic heterocycles. The number of ether oxygens (including phenoxy) is 2. The van der Waals surface area contributed by atoms with Gasteiger partial charge in [-0.25, -0.2) is 4.39 Å². The van der Waals surface area contributed by atoms with Gasteiger partial charge in [0.2, 0.25) is 0 Å². The molecule has 2 aromatic carbocycles. The molecule has 0 aliphatic carbocycles. The average molecular weight is 453 g/mol. The summed E-state index contributed by atoms with van der Waals surface area (Å²) in [6, 6.07) is 13.6. The Morgan fingerprint density at radius 2 is 2.09 bits per heavy atom. The maximum atomic E-state index is 14.9. The third kappa shape index (κ3) is 6.93. The van der Waals surface area contributed by atoms with Crippen LogP contribution >= 0.6 is 0 Å². The van der Waals surface area contributed by atoms with Gasteiger partial charge in [0.15, 0.2) is 0 Å². The highest BCUT2D eigenvalue weighted by Crippen LogP contribution is 2.23. The summed E-state index contributed by atoms with van der Waals surface area (Å²) in [4.78, 5) is 16.7. The Balaban J connectivity index is 1.64. The van der Waals surface area contributed by atoms with Crippen molar-refractivity contribution in [1.82, 2.24) is 10.6 Å². The van der Waals surface area contributed by atoms with Crippen LogP contribution in [0.4, 0.5) is 4.39 Å². The maximum Gasteiger partial charge on any atom is 0.250 e. The molecular weight excluding hydrogens is 423 g/mol. The molecule has 1 amide bonds. The molecule has 2 aromatic rings. The van der Waals surface area contributed by atoms with Gasteiger partial charge in [-0.3, -0.25) is 9.79 Å². The van der Waals surface area contributed by atoms with Crippen LogP contribution in [0, 0.1) is 17.1 Å². The van der Waals surface area contributed by atoms with Gasteiger partial charge >= 0.3 is 0 Å². The first-order valence-corrected chi connectivity index (χ1v) is 10.9. The van der Waals surface area contributed by atoms with Gasteiger partial charge in [-0.05, 0) is 54.4 Å². The van der Waals surface area contributed by atoms with Crippen molar-refractivity contribution in [3.05, 3.63) is 59.4 Å². The van der Waals surface area contributed by atoms with E-state index in [-0.39, 0.29) is 30.8 Å². The number of nitrogens with zero attached hydrogens (tertiary/aromatic N) is 2. The lowest BCUT2D eigenvalue weighted by molar-refractivity contribution is -0.134. The Hall–Kier alpha value is -3.12. The van der Waals surface area contributed by atoms with Crippen LogP contribution in [0.3, 0.4) is 0 Å². The van der Waals surface area contributed by atoms with Crippen LogP contribution in [0.1, 0.15) is 17.5 Å². The van der Waals surface area contributed by atoms with Gasteiger partial charge in [-0.2, -0.15) is 5.26 Å². The zero-order chi connectivity index (χ0) is 23.6. The first-order valence-electron chi connectivity index (χ1n) is 10.9. The Kier molecular flexibility index (Phi) is 9.07. The van der Waals surface area contributed by atoms with Crippen molar-refractivity contribution in [3.8, 4) is 17.2 Å². The van der Waals surface area contributed by atoms with E-state index in [2.05, 4.69) is 28.4 Å². The van der Waals surface area contributed by atoms with Crippen LogP contribution in [-0.4, -0.2) is 64.2 Å². The minimum Gasteiger partial charge on any atom is -0.380 e. The van der Waals surface area contributed by atoms with Crippen molar-refractivity contribution in [2.45, 2.75) is 31.1 Å². The van der Waals surface area contributed by atoms with Crippen LogP contribution in [0.5, 0.6) is 0 Å². The Morgan fingerprint density at radius 1 is 1.33 bits per heavy atom. The molecule has 1 heterocycles. The van der Waals surface area contributed by atoms with Crippen LogP contribution in [0.2, 0.25) is 0 Å². The van der Waals surface area contributed by atoms with E-state index in [4.69, 9.17) is 14.7 Å². The molecule has 0 radical (unpaired) electrons. The smallest absolute Gasteiger partial charge is 0.250 e. The molecular formula is C25H29FN4O3. The maximum absolute atomic E-state index is 14.9. The Labute approximate surface area is 193 Å². The number of rotatable bonds is 8. The second kappa shape index (κ2) is 12.2. The van der Waals surface area contributed by atoms with Crippen LogP contribution in [-0.2, 0) is 20.7 Å². The monoisotopic (exact) mass is 452 g/mol. The molecule has 33 heavy (non-hydrogen) atoms. The molecule has 1 fully saturated rings. The number of carbonyl (C=O) groups excluding carboxylic acids is 1. The lowest BCUT2D eigenvalue weighted by Crippen LogP contribution is -2.50.